The average molecular weight is 319 g/mol. The lowest BCUT2D eigenvalue weighted by atomic mass is 10.2. The first-order valence-corrected chi connectivity index (χ1v) is 6.67. The fourth-order valence-electron chi connectivity index (χ4n) is 1.38. The van der Waals surface area contributed by atoms with E-state index < -0.39 is 0 Å². The van der Waals surface area contributed by atoms with Crippen LogP contribution in [0.5, 0.6) is 0 Å². The van der Waals surface area contributed by atoms with Crippen LogP contribution in [0, 0.1) is 0 Å². The smallest absolute Gasteiger partial charge is 0.0675 e. The molecular formula is C13H17BrClNO. The number of benzene rings is 1. The number of hydrogen-bond acceptors (Lipinski definition) is 2. The van der Waals surface area contributed by atoms with Crippen molar-refractivity contribution >= 4 is 27.5 Å². The Morgan fingerprint density at radius 1 is 1.59 bits per heavy atom. The Morgan fingerprint density at radius 2 is 2.35 bits per heavy atom. The predicted molar refractivity (Wildman–Crippen MR) is 76.5 cm³/mol. The molecule has 17 heavy (non-hydrogen) atoms. The van der Waals surface area contributed by atoms with E-state index >= 15 is 0 Å². The Kier molecular flexibility index (Phi) is 6.82. The van der Waals surface area contributed by atoms with Gasteiger partial charge in [-0.25, -0.2) is 0 Å². The molecule has 94 valence electrons. The number of hydrogen-bond donors (Lipinski definition) is 1. The van der Waals surface area contributed by atoms with Gasteiger partial charge in [0.15, 0.2) is 0 Å². The monoisotopic (exact) mass is 317 g/mol. The van der Waals surface area contributed by atoms with Crippen LogP contribution in [0.1, 0.15) is 12.5 Å². The summed E-state index contributed by atoms with van der Waals surface area (Å²) in [4.78, 5) is 0. The Bertz CT molecular complexity index is 370. The first kappa shape index (κ1) is 14.7. The van der Waals surface area contributed by atoms with Crippen LogP contribution in [0.25, 0.3) is 0 Å². The molecule has 0 heterocycles. The van der Waals surface area contributed by atoms with Crippen LogP contribution in [-0.2, 0) is 11.3 Å². The third kappa shape index (κ3) is 5.68. The molecular weight excluding hydrogens is 302 g/mol. The van der Waals surface area contributed by atoms with E-state index in [0.29, 0.717) is 6.61 Å². The van der Waals surface area contributed by atoms with Crippen molar-refractivity contribution in [2.75, 3.05) is 13.2 Å². The first-order valence-electron chi connectivity index (χ1n) is 5.50. The summed E-state index contributed by atoms with van der Waals surface area (Å²) < 4.78 is 6.53. The van der Waals surface area contributed by atoms with Crippen molar-refractivity contribution in [3.63, 3.8) is 0 Å². The molecule has 1 aromatic carbocycles. The lowest BCUT2D eigenvalue weighted by Crippen LogP contribution is -2.26. The summed E-state index contributed by atoms with van der Waals surface area (Å²) >= 11 is 9.44. The van der Waals surface area contributed by atoms with Gasteiger partial charge in [-0.2, -0.15) is 0 Å². The average Bonchev–Trinajstić information content (AvgIpc) is 2.31. The molecule has 4 heteroatoms. The van der Waals surface area contributed by atoms with Crippen LogP contribution in [0.15, 0.2) is 35.3 Å². The first-order chi connectivity index (χ1) is 8.13. The van der Waals surface area contributed by atoms with Crippen molar-refractivity contribution < 1.29 is 4.74 Å². The fourth-order valence-corrected chi connectivity index (χ4v) is 1.96. The summed E-state index contributed by atoms with van der Waals surface area (Å²) in [5.74, 6) is 0. The maximum Gasteiger partial charge on any atom is 0.0675 e. The summed E-state index contributed by atoms with van der Waals surface area (Å²) in [6.07, 6.45) is 1.93. The predicted octanol–water partition coefficient (Wildman–Crippen LogP) is 3.78. The molecule has 0 saturated carbocycles. The summed E-state index contributed by atoms with van der Waals surface area (Å²) in [5.41, 5.74) is 1.15. The zero-order valence-corrected chi connectivity index (χ0v) is 12.2. The van der Waals surface area contributed by atoms with Gasteiger partial charge in [-0.3, -0.25) is 0 Å². The second-order valence-corrected chi connectivity index (χ2v) is 5.09. The van der Waals surface area contributed by atoms with Gasteiger partial charge >= 0.3 is 0 Å². The van der Waals surface area contributed by atoms with E-state index in [9.17, 15) is 0 Å². The van der Waals surface area contributed by atoms with Gasteiger partial charge in [0.2, 0.25) is 0 Å². The van der Waals surface area contributed by atoms with Gasteiger partial charge in [-0.15, -0.1) is 6.58 Å². The van der Waals surface area contributed by atoms with Crippen LogP contribution < -0.4 is 5.32 Å². The van der Waals surface area contributed by atoms with E-state index in [4.69, 9.17) is 16.3 Å². The Balaban J connectivity index is 2.35. The SMILES string of the molecule is C=CCOC(C)CNCc1cc(Cl)ccc1Br. The van der Waals surface area contributed by atoms with E-state index in [1.807, 2.05) is 25.1 Å². The number of rotatable bonds is 7. The second kappa shape index (κ2) is 7.88. The zero-order chi connectivity index (χ0) is 12.7. The molecule has 0 fully saturated rings. The van der Waals surface area contributed by atoms with Gasteiger partial charge in [0.1, 0.15) is 0 Å². The molecule has 0 aliphatic heterocycles. The largest absolute Gasteiger partial charge is 0.373 e. The summed E-state index contributed by atoms with van der Waals surface area (Å²) in [5, 5.41) is 4.08. The molecule has 1 unspecified atom stereocenters. The van der Waals surface area contributed by atoms with Crippen LogP contribution in [-0.4, -0.2) is 19.3 Å². The number of halogens is 2. The molecule has 0 aliphatic rings. The lowest BCUT2D eigenvalue weighted by molar-refractivity contribution is 0.0877. The molecule has 0 spiro atoms. The molecule has 0 amide bonds. The van der Waals surface area contributed by atoms with Gasteiger partial charge in [-0.05, 0) is 30.7 Å². The van der Waals surface area contributed by atoms with Crippen molar-refractivity contribution in [1.82, 2.24) is 5.32 Å². The zero-order valence-electron chi connectivity index (χ0n) is 9.88. The molecule has 1 aromatic rings. The van der Waals surface area contributed by atoms with E-state index in [1.54, 1.807) is 6.08 Å². The molecule has 2 nitrogen and oxygen atoms in total. The van der Waals surface area contributed by atoms with E-state index in [0.717, 1.165) is 28.1 Å². The molecule has 1 rings (SSSR count). The molecule has 1 atom stereocenters. The van der Waals surface area contributed by atoms with Crippen LogP contribution in [0.4, 0.5) is 0 Å². The van der Waals surface area contributed by atoms with E-state index in [-0.39, 0.29) is 6.10 Å². The van der Waals surface area contributed by atoms with Crippen molar-refractivity contribution in [3.8, 4) is 0 Å². The van der Waals surface area contributed by atoms with Crippen molar-refractivity contribution in [3.05, 3.63) is 45.9 Å². The molecule has 0 radical (unpaired) electrons. The Hall–Kier alpha value is -0.350. The quantitative estimate of drug-likeness (QED) is 0.773. The van der Waals surface area contributed by atoms with E-state index in [1.165, 1.54) is 0 Å². The highest BCUT2D eigenvalue weighted by Crippen LogP contribution is 2.20. The van der Waals surface area contributed by atoms with Crippen molar-refractivity contribution in [1.29, 1.82) is 0 Å². The third-order valence-electron chi connectivity index (χ3n) is 2.25. The topological polar surface area (TPSA) is 21.3 Å². The lowest BCUT2D eigenvalue weighted by Gasteiger charge is -2.13. The fraction of sp³-hybridized carbons (Fsp3) is 0.385. The summed E-state index contributed by atoms with van der Waals surface area (Å²) in [6, 6.07) is 5.77. The normalized spacial score (nSPS) is 12.4. The van der Waals surface area contributed by atoms with Gasteiger partial charge in [0, 0.05) is 22.6 Å². The molecule has 0 saturated heterocycles. The van der Waals surface area contributed by atoms with Crippen LogP contribution >= 0.6 is 27.5 Å². The van der Waals surface area contributed by atoms with Gasteiger partial charge < -0.3 is 10.1 Å². The molecule has 0 aromatic heterocycles. The number of nitrogens with one attached hydrogen (secondary N) is 1. The highest BCUT2D eigenvalue weighted by Gasteiger charge is 2.03. The van der Waals surface area contributed by atoms with Gasteiger partial charge in [-0.1, -0.05) is 33.6 Å². The molecule has 0 bridgehead atoms. The molecule has 0 aliphatic carbocycles. The van der Waals surface area contributed by atoms with Crippen LogP contribution in [0.3, 0.4) is 0 Å². The highest BCUT2D eigenvalue weighted by atomic mass is 79.9. The minimum Gasteiger partial charge on any atom is -0.373 e. The maximum atomic E-state index is 5.94. The van der Waals surface area contributed by atoms with Crippen molar-refractivity contribution in [2.24, 2.45) is 0 Å². The minimum atomic E-state index is 0.172. The number of ether oxygens (including phenoxy) is 1. The third-order valence-corrected chi connectivity index (χ3v) is 3.26. The second-order valence-electron chi connectivity index (χ2n) is 3.80. The summed E-state index contributed by atoms with van der Waals surface area (Å²) in [6.45, 7) is 7.80. The van der Waals surface area contributed by atoms with Crippen molar-refractivity contribution in [2.45, 2.75) is 19.6 Å². The maximum absolute atomic E-state index is 5.94. The minimum absolute atomic E-state index is 0.172. The van der Waals surface area contributed by atoms with Crippen LogP contribution in [0.2, 0.25) is 5.02 Å². The Labute approximate surface area is 116 Å². The van der Waals surface area contributed by atoms with Gasteiger partial charge in [0.05, 0.1) is 12.7 Å². The molecule has 1 N–H and O–H groups in total. The van der Waals surface area contributed by atoms with E-state index in [2.05, 4.69) is 27.8 Å². The summed E-state index contributed by atoms with van der Waals surface area (Å²) in [7, 11) is 0. The van der Waals surface area contributed by atoms with Gasteiger partial charge in [0.25, 0.3) is 0 Å². The highest BCUT2D eigenvalue weighted by molar-refractivity contribution is 9.10. The standard InChI is InChI=1S/C13H17BrClNO/c1-3-6-17-10(2)8-16-9-11-7-12(15)4-5-13(11)14/h3-5,7,10,16H,1,6,8-9H2,2H3. The Morgan fingerprint density at radius 3 is 3.06 bits per heavy atom.